The lowest BCUT2D eigenvalue weighted by molar-refractivity contribution is -0.384. The fourth-order valence-electron chi connectivity index (χ4n) is 2.71. The molecule has 3 rings (SSSR count). The van der Waals surface area contributed by atoms with Crippen molar-refractivity contribution in [3.8, 4) is 11.5 Å². The van der Waals surface area contributed by atoms with Crippen LogP contribution in [0.2, 0.25) is 0 Å². The first-order valence-corrected chi connectivity index (χ1v) is 9.24. The summed E-state index contributed by atoms with van der Waals surface area (Å²) in [5, 5.41) is 27.1. The van der Waals surface area contributed by atoms with Gasteiger partial charge in [-0.25, -0.2) is 5.43 Å². The third-order valence-electron chi connectivity index (χ3n) is 4.36. The maximum Gasteiger partial charge on any atom is 0.273 e. The molecule has 0 aliphatic carbocycles. The standard InChI is InChI=1S/C22H18N4O6/c1-32-17-9-6-14(7-10-17)21(28)24-19-5-3-2-4-18(19)22(29)25-23-13-15-12-16(26(30)31)8-11-20(15)27/h2-13,27H,1H3,(H,24,28)(H,25,29). The van der Waals surface area contributed by atoms with Gasteiger partial charge in [-0.3, -0.25) is 19.7 Å². The molecule has 0 heterocycles. The SMILES string of the molecule is COc1ccc(C(=O)Nc2ccccc2C(=O)NN=Cc2cc([N+](=O)[O-])ccc2O)cc1. The van der Waals surface area contributed by atoms with E-state index in [1.54, 1.807) is 42.5 Å². The van der Waals surface area contributed by atoms with Gasteiger partial charge in [0.25, 0.3) is 17.5 Å². The first-order chi connectivity index (χ1) is 15.4. The predicted molar refractivity (Wildman–Crippen MR) is 117 cm³/mol. The smallest absolute Gasteiger partial charge is 0.273 e. The molecule has 0 saturated heterocycles. The zero-order chi connectivity index (χ0) is 23.1. The van der Waals surface area contributed by atoms with Gasteiger partial charge in [-0.15, -0.1) is 0 Å². The molecule has 3 aromatic carbocycles. The van der Waals surface area contributed by atoms with Crippen LogP contribution in [0.4, 0.5) is 11.4 Å². The number of rotatable bonds is 7. The van der Waals surface area contributed by atoms with Crippen molar-refractivity contribution in [3.63, 3.8) is 0 Å². The summed E-state index contributed by atoms with van der Waals surface area (Å²) in [6.45, 7) is 0. The van der Waals surface area contributed by atoms with Crippen LogP contribution >= 0.6 is 0 Å². The van der Waals surface area contributed by atoms with Crippen molar-refractivity contribution in [2.24, 2.45) is 5.10 Å². The molecule has 10 heteroatoms. The van der Waals surface area contributed by atoms with E-state index >= 15 is 0 Å². The maximum absolute atomic E-state index is 12.6. The van der Waals surface area contributed by atoms with E-state index in [1.807, 2.05) is 0 Å². The highest BCUT2D eigenvalue weighted by molar-refractivity contribution is 6.09. The van der Waals surface area contributed by atoms with Crippen LogP contribution in [0.3, 0.4) is 0 Å². The van der Waals surface area contributed by atoms with E-state index in [9.17, 15) is 24.8 Å². The summed E-state index contributed by atoms with van der Waals surface area (Å²) in [5.41, 5.74) is 2.88. The topological polar surface area (TPSA) is 143 Å². The van der Waals surface area contributed by atoms with Crippen LogP contribution in [0.5, 0.6) is 11.5 Å². The number of para-hydroxylation sites is 1. The predicted octanol–water partition coefficient (Wildman–Crippen LogP) is 3.33. The van der Waals surface area contributed by atoms with Crippen LogP contribution in [0.15, 0.2) is 71.8 Å². The molecular formula is C22H18N4O6. The van der Waals surface area contributed by atoms with Crippen LogP contribution in [-0.2, 0) is 0 Å². The second-order valence-corrected chi connectivity index (χ2v) is 6.43. The van der Waals surface area contributed by atoms with E-state index in [0.29, 0.717) is 11.3 Å². The summed E-state index contributed by atoms with van der Waals surface area (Å²) in [6.07, 6.45) is 1.08. The molecule has 0 spiro atoms. The lowest BCUT2D eigenvalue weighted by atomic mass is 10.1. The number of nitrogens with one attached hydrogen (secondary N) is 2. The van der Waals surface area contributed by atoms with Crippen LogP contribution in [0, 0.1) is 10.1 Å². The number of hydrazone groups is 1. The Morgan fingerprint density at radius 1 is 1.06 bits per heavy atom. The minimum Gasteiger partial charge on any atom is -0.507 e. The summed E-state index contributed by atoms with van der Waals surface area (Å²) in [5.74, 6) is -0.676. The number of hydrogen-bond acceptors (Lipinski definition) is 7. The summed E-state index contributed by atoms with van der Waals surface area (Å²) in [4.78, 5) is 35.3. The molecule has 0 aliphatic heterocycles. The number of anilines is 1. The molecular weight excluding hydrogens is 416 g/mol. The molecule has 0 unspecified atom stereocenters. The number of carbonyl (C=O) groups is 2. The number of nitro groups is 1. The Labute approximate surface area is 182 Å². The third-order valence-corrected chi connectivity index (χ3v) is 4.36. The molecule has 0 saturated carbocycles. The molecule has 0 bridgehead atoms. The monoisotopic (exact) mass is 434 g/mol. The molecule has 2 amide bonds. The molecule has 0 aliphatic rings. The summed E-state index contributed by atoms with van der Waals surface area (Å²) < 4.78 is 5.07. The molecule has 0 atom stereocenters. The molecule has 162 valence electrons. The Kier molecular flexibility index (Phi) is 6.76. The number of hydrogen-bond donors (Lipinski definition) is 3. The van der Waals surface area contributed by atoms with Gasteiger partial charge in [0, 0.05) is 23.3 Å². The average Bonchev–Trinajstić information content (AvgIpc) is 2.80. The van der Waals surface area contributed by atoms with Gasteiger partial charge in [0.05, 0.1) is 29.5 Å². The van der Waals surface area contributed by atoms with Crippen LogP contribution < -0.4 is 15.5 Å². The molecule has 0 radical (unpaired) electrons. The van der Waals surface area contributed by atoms with Gasteiger partial charge >= 0.3 is 0 Å². The zero-order valence-electron chi connectivity index (χ0n) is 16.8. The number of carbonyl (C=O) groups excluding carboxylic acids is 2. The number of nitrogens with zero attached hydrogens (tertiary/aromatic N) is 2. The molecule has 0 aromatic heterocycles. The summed E-state index contributed by atoms with van der Waals surface area (Å²) >= 11 is 0. The number of benzene rings is 3. The minimum absolute atomic E-state index is 0.0561. The highest BCUT2D eigenvalue weighted by Crippen LogP contribution is 2.21. The fraction of sp³-hybridized carbons (Fsp3) is 0.0455. The number of ether oxygens (including phenoxy) is 1. The van der Waals surface area contributed by atoms with Crippen LogP contribution in [0.1, 0.15) is 26.3 Å². The van der Waals surface area contributed by atoms with Crippen LogP contribution in [0.25, 0.3) is 0 Å². The van der Waals surface area contributed by atoms with E-state index in [-0.39, 0.29) is 28.3 Å². The molecule has 0 fully saturated rings. The van der Waals surface area contributed by atoms with Crippen molar-refractivity contribution in [2.75, 3.05) is 12.4 Å². The largest absolute Gasteiger partial charge is 0.507 e. The van der Waals surface area contributed by atoms with Gasteiger partial charge in [-0.1, -0.05) is 12.1 Å². The summed E-state index contributed by atoms with van der Waals surface area (Å²) in [6, 6.07) is 16.2. The minimum atomic E-state index is -0.628. The van der Waals surface area contributed by atoms with Crippen molar-refractivity contribution in [3.05, 3.63) is 93.5 Å². The van der Waals surface area contributed by atoms with Gasteiger partial charge in [0.1, 0.15) is 11.5 Å². The van der Waals surface area contributed by atoms with E-state index in [4.69, 9.17) is 4.74 Å². The number of methoxy groups -OCH3 is 1. The number of aromatic hydroxyl groups is 1. The van der Waals surface area contributed by atoms with Gasteiger partial charge < -0.3 is 15.2 Å². The van der Waals surface area contributed by atoms with Crippen molar-refractivity contribution in [2.45, 2.75) is 0 Å². The first kappa shape index (κ1) is 22.0. The van der Waals surface area contributed by atoms with E-state index < -0.39 is 16.7 Å². The zero-order valence-corrected chi connectivity index (χ0v) is 16.8. The van der Waals surface area contributed by atoms with Crippen molar-refractivity contribution in [1.29, 1.82) is 0 Å². The lowest BCUT2D eigenvalue weighted by Crippen LogP contribution is -2.21. The van der Waals surface area contributed by atoms with Gasteiger partial charge in [0.2, 0.25) is 0 Å². The van der Waals surface area contributed by atoms with Crippen molar-refractivity contribution < 1.29 is 24.4 Å². The first-order valence-electron chi connectivity index (χ1n) is 9.24. The van der Waals surface area contributed by atoms with Crippen molar-refractivity contribution >= 4 is 29.4 Å². The van der Waals surface area contributed by atoms with Gasteiger partial charge in [-0.2, -0.15) is 5.10 Å². The molecule has 32 heavy (non-hydrogen) atoms. The quantitative estimate of drug-likeness (QED) is 0.296. The Morgan fingerprint density at radius 3 is 2.47 bits per heavy atom. The molecule has 3 N–H and O–H groups in total. The van der Waals surface area contributed by atoms with Gasteiger partial charge in [-0.05, 0) is 42.5 Å². The van der Waals surface area contributed by atoms with Crippen molar-refractivity contribution in [1.82, 2.24) is 5.43 Å². The second-order valence-electron chi connectivity index (χ2n) is 6.43. The Morgan fingerprint density at radius 2 is 1.78 bits per heavy atom. The Hall–Kier alpha value is -4.73. The van der Waals surface area contributed by atoms with E-state index in [1.165, 1.54) is 13.2 Å². The fourth-order valence-corrected chi connectivity index (χ4v) is 2.71. The number of phenols is 1. The van der Waals surface area contributed by atoms with Gasteiger partial charge in [0.15, 0.2) is 0 Å². The average molecular weight is 434 g/mol. The lowest BCUT2D eigenvalue weighted by Gasteiger charge is -2.10. The third kappa shape index (κ3) is 5.25. The van der Waals surface area contributed by atoms with E-state index in [0.717, 1.165) is 24.4 Å². The number of phenolic OH excluding ortho intramolecular Hbond substituents is 1. The Bertz CT molecular complexity index is 1190. The normalized spacial score (nSPS) is 10.5. The number of non-ortho nitro benzene ring substituents is 1. The van der Waals surface area contributed by atoms with Crippen LogP contribution in [-0.4, -0.2) is 35.2 Å². The molecule has 3 aromatic rings. The number of nitro benzene ring substituents is 1. The summed E-state index contributed by atoms with van der Waals surface area (Å²) in [7, 11) is 1.52. The highest BCUT2D eigenvalue weighted by atomic mass is 16.6. The molecule has 10 nitrogen and oxygen atoms in total. The maximum atomic E-state index is 12.6. The highest BCUT2D eigenvalue weighted by Gasteiger charge is 2.14. The number of amides is 2. The Balaban J connectivity index is 1.73. The van der Waals surface area contributed by atoms with E-state index in [2.05, 4.69) is 15.8 Å². The second kappa shape index (κ2) is 9.85.